The number of amides is 2. The molecule has 0 spiro atoms. The van der Waals surface area contributed by atoms with Gasteiger partial charge in [0.25, 0.3) is 5.91 Å². The van der Waals surface area contributed by atoms with E-state index in [4.69, 9.17) is 0 Å². The van der Waals surface area contributed by atoms with Gasteiger partial charge in [-0.3, -0.25) is 9.59 Å². The van der Waals surface area contributed by atoms with Gasteiger partial charge in [0.1, 0.15) is 17.8 Å². The van der Waals surface area contributed by atoms with Crippen LogP contribution in [0.1, 0.15) is 16.1 Å². The molecule has 1 aromatic carbocycles. The van der Waals surface area contributed by atoms with Crippen molar-refractivity contribution in [3.63, 3.8) is 0 Å². The van der Waals surface area contributed by atoms with E-state index in [1.807, 2.05) is 4.90 Å². The lowest BCUT2D eigenvalue weighted by atomic mass is 10.2. The van der Waals surface area contributed by atoms with Crippen molar-refractivity contribution in [2.24, 2.45) is 0 Å². The van der Waals surface area contributed by atoms with Crippen molar-refractivity contribution in [1.82, 2.24) is 14.9 Å². The summed E-state index contributed by atoms with van der Waals surface area (Å²) in [4.78, 5) is 34.7. The van der Waals surface area contributed by atoms with Crippen LogP contribution in [0.2, 0.25) is 0 Å². The third-order valence-corrected chi connectivity index (χ3v) is 4.12. The Bertz CT molecular complexity index is 835. The predicted molar refractivity (Wildman–Crippen MR) is 91.3 cm³/mol. The van der Waals surface area contributed by atoms with E-state index in [-0.39, 0.29) is 11.4 Å². The molecule has 0 saturated carbocycles. The summed E-state index contributed by atoms with van der Waals surface area (Å²) < 4.78 is 38.3. The van der Waals surface area contributed by atoms with Gasteiger partial charge in [-0.15, -0.1) is 0 Å². The second-order valence-electron chi connectivity index (χ2n) is 5.92. The average Bonchev–Trinajstić information content (AvgIpc) is 2.68. The van der Waals surface area contributed by atoms with Crippen LogP contribution < -0.4 is 10.2 Å². The van der Waals surface area contributed by atoms with Crippen LogP contribution in [0.5, 0.6) is 0 Å². The summed E-state index contributed by atoms with van der Waals surface area (Å²) in [6.45, 7) is 2.20. The summed E-state index contributed by atoms with van der Waals surface area (Å²) in [6, 6.07) is 5.85. The van der Waals surface area contributed by atoms with E-state index in [9.17, 15) is 22.8 Å². The molecule has 0 unspecified atom stereocenters. The summed E-state index contributed by atoms with van der Waals surface area (Å²) in [5.41, 5.74) is -0.790. The zero-order chi connectivity index (χ0) is 19.4. The van der Waals surface area contributed by atoms with Gasteiger partial charge in [0.2, 0.25) is 6.41 Å². The van der Waals surface area contributed by atoms with Crippen molar-refractivity contribution >= 4 is 23.8 Å². The zero-order valence-corrected chi connectivity index (χ0v) is 14.1. The minimum absolute atomic E-state index is 0.0228. The van der Waals surface area contributed by atoms with E-state index >= 15 is 0 Å². The Morgan fingerprint density at radius 1 is 1.11 bits per heavy atom. The van der Waals surface area contributed by atoms with Gasteiger partial charge in [-0.2, -0.15) is 13.2 Å². The Morgan fingerprint density at radius 2 is 1.85 bits per heavy atom. The van der Waals surface area contributed by atoms with E-state index in [0.29, 0.717) is 32.0 Å². The molecular formula is C17H16F3N5O2. The number of rotatable bonds is 4. The van der Waals surface area contributed by atoms with E-state index in [0.717, 1.165) is 18.5 Å². The third-order valence-electron chi connectivity index (χ3n) is 4.12. The molecule has 2 aromatic rings. The van der Waals surface area contributed by atoms with Crippen LogP contribution in [0.25, 0.3) is 0 Å². The van der Waals surface area contributed by atoms with Gasteiger partial charge in [0.15, 0.2) is 0 Å². The summed E-state index contributed by atoms with van der Waals surface area (Å²) in [5, 5.41) is 2.41. The van der Waals surface area contributed by atoms with Crippen LogP contribution in [0.3, 0.4) is 0 Å². The number of hydrogen-bond acceptors (Lipinski definition) is 5. The van der Waals surface area contributed by atoms with E-state index < -0.39 is 17.6 Å². The average molecular weight is 379 g/mol. The number of carbonyl (C=O) groups excluding carboxylic acids is 2. The third kappa shape index (κ3) is 4.52. The molecule has 0 aliphatic carbocycles. The molecule has 1 aliphatic rings. The standard InChI is InChI=1S/C17H16F3N5O2/c18-17(19,20)12-2-1-3-13(8-12)23-16(27)14-9-15(22-10-21-14)25-6-4-24(11-26)5-7-25/h1-3,8-11H,4-7H2,(H,23,27). The molecule has 1 aromatic heterocycles. The second-order valence-corrected chi connectivity index (χ2v) is 5.92. The minimum atomic E-state index is -4.49. The summed E-state index contributed by atoms with van der Waals surface area (Å²) >= 11 is 0. The Balaban J connectivity index is 1.72. The maximum absolute atomic E-state index is 12.8. The molecular weight excluding hydrogens is 363 g/mol. The second kappa shape index (κ2) is 7.60. The number of alkyl halides is 3. The van der Waals surface area contributed by atoms with E-state index in [2.05, 4.69) is 15.3 Å². The molecule has 7 nitrogen and oxygen atoms in total. The van der Waals surface area contributed by atoms with E-state index in [1.54, 1.807) is 4.90 Å². The first-order chi connectivity index (χ1) is 12.9. The van der Waals surface area contributed by atoms with Gasteiger partial charge in [0.05, 0.1) is 5.56 Å². The number of aromatic nitrogens is 2. The van der Waals surface area contributed by atoms with Crippen LogP contribution in [0.4, 0.5) is 24.7 Å². The van der Waals surface area contributed by atoms with Crippen molar-refractivity contribution in [2.75, 3.05) is 36.4 Å². The van der Waals surface area contributed by atoms with Crippen molar-refractivity contribution in [1.29, 1.82) is 0 Å². The van der Waals surface area contributed by atoms with Crippen LogP contribution in [0.15, 0.2) is 36.7 Å². The molecule has 0 radical (unpaired) electrons. The van der Waals surface area contributed by atoms with Gasteiger partial charge < -0.3 is 15.1 Å². The van der Waals surface area contributed by atoms with Gasteiger partial charge in [0, 0.05) is 37.9 Å². The SMILES string of the molecule is O=CN1CCN(c2cc(C(=O)Nc3cccc(C(F)(F)F)c3)ncn2)CC1. The number of benzene rings is 1. The normalized spacial score (nSPS) is 14.8. The molecule has 0 bridgehead atoms. The maximum atomic E-state index is 12.8. The number of nitrogens with one attached hydrogen (secondary N) is 1. The lowest BCUT2D eigenvalue weighted by molar-refractivity contribution is -0.137. The first-order valence-corrected chi connectivity index (χ1v) is 8.12. The van der Waals surface area contributed by atoms with Gasteiger partial charge in [-0.1, -0.05) is 6.07 Å². The number of piperazine rings is 1. The lowest BCUT2D eigenvalue weighted by Gasteiger charge is -2.33. The van der Waals surface area contributed by atoms with Crippen molar-refractivity contribution in [3.8, 4) is 0 Å². The van der Waals surface area contributed by atoms with E-state index in [1.165, 1.54) is 24.5 Å². The fourth-order valence-electron chi connectivity index (χ4n) is 2.67. The number of hydrogen-bond donors (Lipinski definition) is 1. The number of anilines is 2. The number of nitrogens with zero attached hydrogens (tertiary/aromatic N) is 4. The van der Waals surface area contributed by atoms with Gasteiger partial charge in [-0.25, -0.2) is 9.97 Å². The quantitative estimate of drug-likeness (QED) is 0.823. The smallest absolute Gasteiger partial charge is 0.353 e. The lowest BCUT2D eigenvalue weighted by Crippen LogP contribution is -2.46. The summed E-state index contributed by atoms with van der Waals surface area (Å²) in [6.07, 6.45) is -2.49. The molecule has 10 heteroatoms. The predicted octanol–water partition coefficient (Wildman–Crippen LogP) is 2.03. The first kappa shape index (κ1) is 18.6. The molecule has 1 N–H and O–H groups in total. The largest absolute Gasteiger partial charge is 0.416 e. The van der Waals surface area contributed by atoms with Gasteiger partial charge in [-0.05, 0) is 18.2 Å². The Labute approximate surface area is 152 Å². The monoisotopic (exact) mass is 379 g/mol. The van der Waals surface area contributed by atoms with Crippen LogP contribution in [-0.4, -0.2) is 53.4 Å². The molecule has 1 fully saturated rings. The summed E-state index contributed by atoms with van der Waals surface area (Å²) in [7, 11) is 0. The first-order valence-electron chi connectivity index (χ1n) is 8.12. The topological polar surface area (TPSA) is 78.4 Å². The van der Waals surface area contributed by atoms with Crippen LogP contribution in [-0.2, 0) is 11.0 Å². The molecule has 1 aliphatic heterocycles. The maximum Gasteiger partial charge on any atom is 0.416 e. The highest BCUT2D eigenvalue weighted by molar-refractivity contribution is 6.03. The highest BCUT2D eigenvalue weighted by Crippen LogP contribution is 2.30. The van der Waals surface area contributed by atoms with Crippen molar-refractivity contribution in [2.45, 2.75) is 6.18 Å². The van der Waals surface area contributed by atoms with Crippen molar-refractivity contribution in [3.05, 3.63) is 47.9 Å². The molecule has 27 heavy (non-hydrogen) atoms. The van der Waals surface area contributed by atoms with Crippen molar-refractivity contribution < 1.29 is 22.8 Å². The number of carbonyl (C=O) groups is 2. The molecule has 1 saturated heterocycles. The van der Waals surface area contributed by atoms with Crippen LogP contribution >= 0.6 is 0 Å². The Kier molecular flexibility index (Phi) is 5.24. The Morgan fingerprint density at radius 3 is 2.52 bits per heavy atom. The fraction of sp³-hybridized carbons (Fsp3) is 0.294. The molecule has 142 valence electrons. The highest BCUT2D eigenvalue weighted by atomic mass is 19.4. The Hall–Kier alpha value is -3.17. The fourth-order valence-corrected chi connectivity index (χ4v) is 2.67. The highest BCUT2D eigenvalue weighted by Gasteiger charge is 2.30. The molecule has 2 amide bonds. The minimum Gasteiger partial charge on any atom is -0.353 e. The van der Waals surface area contributed by atoms with Crippen LogP contribution in [0, 0.1) is 0 Å². The molecule has 2 heterocycles. The molecule has 3 rings (SSSR count). The summed E-state index contributed by atoms with van der Waals surface area (Å²) in [5.74, 6) is -0.116. The number of halogens is 3. The molecule has 0 atom stereocenters. The van der Waals surface area contributed by atoms with Gasteiger partial charge >= 0.3 is 6.18 Å². The zero-order valence-electron chi connectivity index (χ0n) is 14.1.